The molecule has 1 aliphatic rings. The van der Waals surface area contributed by atoms with Gasteiger partial charge in [0.25, 0.3) is 0 Å². The lowest BCUT2D eigenvalue weighted by atomic mass is 10.0. The Morgan fingerprint density at radius 2 is 1.81 bits per heavy atom. The van der Waals surface area contributed by atoms with Crippen molar-refractivity contribution in [3.8, 4) is 0 Å². The Labute approximate surface area is 184 Å². The molecule has 1 saturated heterocycles. The van der Waals surface area contributed by atoms with Crippen molar-refractivity contribution < 1.29 is 14.3 Å². The first-order valence-electron chi connectivity index (χ1n) is 11.0. The van der Waals surface area contributed by atoms with Crippen molar-refractivity contribution in [2.75, 3.05) is 39.3 Å². The molecule has 0 spiro atoms. The van der Waals surface area contributed by atoms with Gasteiger partial charge >= 0.3 is 5.97 Å². The van der Waals surface area contributed by atoms with Gasteiger partial charge in [0, 0.05) is 38.4 Å². The fourth-order valence-corrected chi connectivity index (χ4v) is 4.12. The van der Waals surface area contributed by atoms with Gasteiger partial charge < -0.3 is 9.72 Å². The first kappa shape index (κ1) is 23.0. The molecule has 31 heavy (non-hydrogen) atoms. The number of hydrogen-bond donors (Lipinski definition) is 1. The average molecular weight is 424 g/mol. The summed E-state index contributed by atoms with van der Waals surface area (Å²) in [5.74, 6) is -0.355. The molecular formula is C25H33N3O3. The number of piperazine rings is 1. The Morgan fingerprint density at radius 1 is 1.13 bits per heavy atom. The highest BCUT2D eigenvalue weighted by molar-refractivity contribution is 6.03. The minimum atomic E-state index is -0.377. The van der Waals surface area contributed by atoms with E-state index in [0.29, 0.717) is 29.1 Å². The van der Waals surface area contributed by atoms with Crippen LogP contribution in [0, 0.1) is 13.8 Å². The molecule has 3 rings (SSSR count). The number of nitrogens with one attached hydrogen (secondary N) is 1. The van der Waals surface area contributed by atoms with Crippen LogP contribution in [-0.4, -0.2) is 71.9 Å². The molecule has 2 heterocycles. The second-order valence-electron chi connectivity index (χ2n) is 8.04. The predicted octanol–water partition coefficient (Wildman–Crippen LogP) is 3.71. The number of hydrogen-bond acceptors (Lipinski definition) is 5. The number of aryl methyl sites for hydroxylation is 1. The maximum Gasteiger partial charge on any atom is 0.340 e. The minimum Gasteiger partial charge on any atom is -0.462 e. The van der Waals surface area contributed by atoms with Crippen molar-refractivity contribution in [3.05, 3.63) is 64.5 Å². The zero-order valence-corrected chi connectivity index (χ0v) is 19.0. The van der Waals surface area contributed by atoms with Gasteiger partial charge in [0.15, 0.2) is 5.78 Å². The van der Waals surface area contributed by atoms with Crippen LogP contribution in [0.1, 0.15) is 51.5 Å². The van der Waals surface area contributed by atoms with Crippen LogP contribution in [-0.2, 0) is 4.74 Å². The van der Waals surface area contributed by atoms with Gasteiger partial charge in [-0.05, 0) is 38.8 Å². The minimum absolute atomic E-state index is 0.0218. The molecule has 6 heteroatoms. The lowest BCUT2D eigenvalue weighted by Gasteiger charge is -2.37. The highest BCUT2D eigenvalue weighted by atomic mass is 16.5. The molecule has 0 unspecified atom stereocenters. The van der Waals surface area contributed by atoms with E-state index in [-0.39, 0.29) is 17.8 Å². The number of Topliss-reactive ketones (excluding diaryl/α,β-unsaturated/α-hetero) is 1. The Morgan fingerprint density at radius 3 is 2.45 bits per heavy atom. The van der Waals surface area contributed by atoms with Gasteiger partial charge in [-0.2, -0.15) is 0 Å². The molecule has 0 amide bonds. The van der Waals surface area contributed by atoms with Crippen LogP contribution in [0.4, 0.5) is 0 Å². The number of ether oxygens (including phenoxy) is 1. The Balaban J connectivity index is 1.56. The molecule has 1 N–H and O–H groups in total. The molecular weight excluding hydrogens is 390 g/mol. The quantitative estimate of drug-likeness (QED) is 0.518. The highest BCUT2D eigenvalue weighted by Crippen LogP contribution is 2.22. The van der Waals surface area contributed by atoms with Crippen molar-refractivity contribution in [1.82, 2.24) is 14.8 Å². The standard InChI is InChI=1S/C25H33N3O3/c1-5-31-25(30)22-18(2)23(26-19(22)3)24(29)20(4)28-16-14-27(15-17-28)13-9-12-21-10-7-6-8-11-21/h6-12,20,26H,5,13-17H2,1-4H3/b12-9+/t20-/m1/s1. The summed E-state index contributed by atoms with van der Waals surface area (Å²) < 4.78 is 5.14. The van der Waals surface area contributed by atoms with E-state index < -0.39 is 0 Å². The third-order valence-electron chi connectivity index (χ3n) is 5.97. The van der Waals surface area contributed by atoms with Gasteiger partial charge in [-0.25, -0.2) is 4.79 Å². The van der Waals surface area contributed by atoms with Crippen LogP contribution in [0.2, 0.25) is 0 Å². The SMILES string of the molecule is CCOC(=O)c1c(C)[nH]c(C(=O)[C@@H](C)N2CCN(C/C=C/c3ccccc3)CC2)c1C. The number of aromatic amines is 1. The fourth-order valence-electron chi connectivity index (χ4n) is 4.12. The molecule has 6 nitrogen and oxygen atoms in total. The molecule has 0 saturated carbocycles. The van der Waals surface area contributed by atoms with Crippen LogP contribution < -0.4 is 0 Å². The third kappa shape index (κ3) is 5.51. The molecule has 1 aromatic heterocycles. The van der Waals surface area contributed by atoms with Gasteiger partial charge in [-0.3, -0.25) is 14.6 Å². The number of aromatic nitrogens is 1. The molecule has 1 aromatic carbocycles. The van der Waals surface area contributed by atoms with E-state index in [1.165, 1.54) is 5.56 Å². The third-order valence-corrected chi connectivity index (χ3v) is 5.97. The van der Waals surface area contributed by atoms with Gasteiger partial charge in [0.1, 0.15) is 0 Å². The van der Waals surface area contributed by atoms with Crippen molar-refractivity contribution in [2.24, 2.45) is 0 Å². The Hall–Kier alpha value is -2.70. The maximum atomic E-state index is 13.2. The number of rotatable bonds is 8. The van der Waals surface area contributed by atoms with E-state index in [0.717, 1.165) is 32.7 Å². The molecule has 1 atom stereocenters. The van der Waals surface area contributed by atoms with E-state index in [2.05, 4.69) is 39.1 Å². The zero-order valence-electron chi connectivity index (χ0n) is 19.0. The summed E-state index contributed by atoms with van der Waals surface area (Å²) in [5, 5.41) is 0. The van der Waals surface area contributed by atoms with Crippen LogP contribution in [0.15, 0.2) is 36.4 Å². The number of nitrogens with zero attached hydrogens (tertiary/aromatic N) is 2. The lowest BCUT2D eigenvalue weighted by Crippen LogP contribution is -2.51. The van der Waals surface area contributed by atoms with Crippen LogP contribution in [0.5, 0.6) is 0 Å². The number of carbonyl (C=O) groups is 2. The first-order valence-corrected chi connectivity index (χ1v) is 11.0. The number of H-pyrrole nitrogens is 1. The van der Waals surface area contributed by atoms with Gasteiger partial charge in [-0.1, -0.05) is 42.5 Å². The highest BCUT2D eigenvalue weighted by Gasteiger charge is 2.30. The van der Waals surface area contributed by atoms with Crippen LogP contribution in [0.3, 0.4) is 0 Å². The van der Waals surface area contributed by atoms with Crippen molar-refractivity contribution >= 4 is 17.8 Å². The van der Waals surface area contributed by atoms with E-state index in [4.69, 9.17) is 4.74 Å². The average Bonchev–Trinajstić information content (AvgIpc) is 3.08. The molecule has 0 bridgehead atoms. The molecule has 1 aliphatic heterocycles. The Kier molecular flexibility index (Phi) is 7.82. The van der Waals surface area contributed by atoms with E-state index >= 15 is 0 Å². The largest absolute Gasteiger partial charge is 0.462 e. The van der Waals surface area contributed by atoms with Crippen LogP contribution in [0.25, 0.3) is 6.08 Å². The summed E-state index contributed by atoms with van der Waals surface area (Å²) in [6, 6.07) is 10.1. The molecule has 166 valence electrons. The van der Waals surface area contributed by atoms with Crippen molar-refractivity contribution in [3.63, 3.8) is 0 Å². The summed E-state index contributed by atoms with van der Waals surface area (Å²) in [5.41, 5.74) is 3.56. The summed E-state index contributed by atoms with van der Waals surface area (Å²) >= 11 is 0. The van der Waals surface area contributed by atoms with Gasteiger partial charge in [0.05, 0.1) is 23.9 Å². The topological polar surface area (TPSA) is 65.6 Å². The van der Waals surface area contributed by atoms with Crippen molar-refractivity contribution in [2.45, 2.75) is 33.7 Å². The first-order chi connectivity index (χ1) is 14.9. The zero-order chi connectivity index (χ0) is 22.4. The van der Waals surface area contributed by atoms with Crippen molar-refractivity contribution in [1.29, 1.82) is 0 Å². The summed E-state index contributed by atoms with van der Waals surface area (Å²) in [7, 11) is 0. The number of esters is 1. The van der Waals surface area contributed by atoms with Gasteiger partial charge in [0.2, 0.25) is 0 Å². The summed E-state index contributed by atoms with van der Waals surface area (Å²) in [6.07, 6.45) is 4.34. The molecule has 2 aromatic rings. The fraction of sp³-hybridized carbons (Fsp3) is 0.440. The molecule has 0 aliphatic carbocycles. The number of benzene rings is 1. The monoisotopic (exact) mass is 423 g/mol. The Bertz CT molecular complexity index is 925. The summed E-state index contributed by atoms with van der Waals surface area (Å²) in [4.78, 5) is 33.2. The number of ketones is 1. The maximum absolute atomic E-state index is 13.2. The lowest BCUT2D eigenvalue weighted by molar-refractivity contribution is 0.0525. The predicted molar refractivity (Wildman–Crippen MR) is 124 cm³/mol. The molecule has 0 radical (unpaired) electrons. The number of carbonyl (C=O) groups excluding carboxylic acids is 2. The summed E-state index contributed by atoms with van der Waals surface area (Å²) in [6.45, 7) is 12.1. The van der Waals surface area contributed by atoms with E-state index in [1.807, 2.05) is 39.0 Å². The molecule has 1 fully saturated rings. The smallest absolute Gasteiger partial charge is 0.340 e. The van der Waals surface area contributed by atoms with E-state index in [9.17, 15) is 9.59 Å². The van der Waals surface area contributed by atoms with E-state index in [1.54, 1.807) is 6.92 Å². The second kappa shape index (κ2) is 10.6. The normalized spacial score (nSPS) is 16.5. The second-order valence-corrected chi connectivity index (χ2v) is 8.04. The van der Waals surface area contributed by atoms with Gasteiger partial charge in [-0.15, -0.1) is 0 Å². The van der Waals surface area contributed by atoms with Crippen LogP contribution >= 0.6 is 0 Å².